The maximum absolute atomic E-state index is 14.7. The SMILES string of the molecule is CC[C@@H](C)Cc1ccc(-c2ccc(C(=O)OC(c3c(F)c(F)c(F)c(F)c3F)c3c(F)c(F)c(F)c(F)c3F)cc2)cc1. The number of hydrogen-bond donors (Lipinski definition) is 0. The molecule has 1 atom stereocenters. The second kappa shape index (κ2) is 12.5. The first-order chi connectivity index (χ1) is 20.3. The van der Waals surface area contributed by atoms with Gasteiger partial charge < -0.3 is 4.74 Å². The van der Waals surface area contributed by atoms with E-state index in [4.69, 9.17) is 4.74 Å². The van der Waals surface area contributed by atoms with Crippen LogP contribution < -0.4 is 0 Å². The fraction of sp³-hybridized carbons (Fsp3) is 0.194. The fourth-order valence-electron chi connectivity index (χ4n) is 4.32. The molecule has 0 saturated heterocycles. The van der Waals surface area contributed by atoms with Gasteiger partial charge in [0.15, 0.2) is 52.6 Å². The highest BCUT2D eigenvalue weighted by molar-refractivity contribution is 5.90. The minimum atomic E-state index is -3.29. The van der Waals surface area contributed by atoms with E-state index < -0.39 is 86.9 Å². The smallest absolute Gasteiger partial charge is 0.339 e. The molecule has 0 aliphatic rings. The maximum Gasteiger partial charge on any atom is 0.339 e. The van der Waals surface area contributed by atoms with Gasteiger partial charge in [-0.25, -0.2) is 48.7 Å². The van der Waals surface area contributed by atoms with E-state index in [0.717, 1.165) is 30.5 Å². The zero-order chi connectivity index (χ0) is 31.7. The van der Waals surface area contributed by atoms with Crippen LogP contribution in [0.25, 0.3) is 11.1 Å². The van der Waals surface area contributed by atoms with Crippen molar-refractivity contribution < 1.29 is 53.4 Å². The molecule has 0 bridgehead atoms. The quantitative estimate of drug-likeness (QED) is 0.0856. The van der Waals surface area contributed by atoms with E-state index in [2.05, 4.69) is 13.8 Å². The minimum absolute atomic E-state index is 0.449. The largest absolute Gasteiger partial charge is 0.448 e. The molecular weight excluding hydrogens is 594 g/mol. The molecule has 2 nitrogen and oxygen atoms in total. The van der Waals surface area contributed by atoms with Crippen LogP contribution >= 0.6 is 0 Å². The molecule has 43 heavy (non-hydrogen) atoms. The van der Waals surface area contributed by atoms with E-state index in [0.29, 0.717) is 17.0 Å². The molecule has 4 aromatic carbocycles. The molecule has 4 rings (SSSR count). The Morgan fingerprint density at radius 2 is 0.930 bits per heavy atom. The lowest BCUT2D eigenvalue weighted by molar-refractivity contribution is 0.0345. The first kappa shape index (κ1) is 31.6. The van der Waals surface area contributed by atoms with E-state index in [-0.39, 0.29) is 0 Å². The monoisotopic (exact) mass is 614 g/mol. The van der Waals surface area contributed by atoms with Crippen molar-refractivity contribution >= 4 is 5.97 Å². The average Bonchev–Trinajstić information content (AvgIpc) is 3.01. The van der Waals surface area contributed by atoms with E-state index in [9.17, 15) is 48.7 Å². The topological polar surface area (TPSA) is 26.3 Å². The number of carbonyl (C=O) groups excluding carboxylic acids is 1. The highest BCUT2D eigenvalue weighted by Crippen LogP contribution is 2.39. The summed E-state index contributed by atoms with van der Waals surface area (Å²) in [4.78, 5) is 12.9. The van der Waals surface area contributed by atoms with Crippen LogP contribution in [0.2, 0.25) is 0 Å². The van der Waals surface area contributed by atoms with Crippen molar-refractivity contribution in [3.63, 3.8) is 0 Å². The molecule has 0 unspecified atom stereocenters. The number of ether oxygens (including phenoxy) is 1. The lowest BCUT2D eigenvalue weighted by Gasteiger charge is -2.22. The van der Waals surface area contributed by atoms with Crippen molar-refractivity contribution in [1.29, 1.82) is 0 Å². The normalized spacial score (nSPS) is 12.1. The summed E-state index contributed by atoms with van der Waals surface area (Å²) < 4.78 is 147. The van der Waals surface area contributed by atoms with Gasteiger partial charge in [0, 0.05) is 0 Å². The highest BCUT2D eigenvalue weighted by Gasteiger charge is 2.39. The first-order valence-electron chi connectivity index (χ1n) is 12.7. The third-order valence-corrected chi connectivity index (χ3v) is 6.93. The summed E-state index contributed by atoms with van der Waals surface area (Å²) in [5.74, 6) is -27.9. The second-order valence-electron chi connectivity index (χ2n) is 9.74. The summed E-state index contributed by atoms with van der Waals surface area (Å²) in [6.07, 6.45) is -1.44. The molecule has 226 valence electrons. The molecule has 0 spiro atoms. The average molecular weight is 614 g/mol. The van der Waals surface area contributed by atoms with Crippen molar-refractivity contribution in [2.24, 2.45) is 5.92 Å². The van der Waals surface area contributed by atoms with E-state index >= 15 is 0 Å². The van der Waals surface area contributed by atoms with Crippen LogP contribution in [0.4, 0.5) is 43.9 Å². The maximum atomic E-state index is 14.7. The number of halogens is 10. The Hall–Kier alpha value is -4.35. The third-order valence-electron chi connectivity index (χ3n) is 6.93. The Bertz CT molecular complexity index is 1560. The van der Waals surface area contributed by atoms with Crippen LogP contribution in [0, 0.1) is 64.1 Å². The van der Waals surface area contributed by atoms with Crippen molar-refractivity contribution in [2.45, 2.75) is 32.8 Å². The molecule has 0 saturated carbocycles. The van der Waals surface area contributed by atoms with Crippen LogP contribution in [-0.2, 0) is 11.2 Å². The Balaban J connectivity index is 1.75. The third kappa shape index (κ3) is 5.95. The molecule has 4 aromatic rings. The van der Waals surface area contributed by atoms with E-state index in [1.165, 1.54) is 12.1 Å². The first-order valence-corrected chi connectivity index (χ1v) is 12.7. The lowest BCUT2D eigenvalue weighted by Crippen LogP contribution is -2.22. The molecule has 0 amide bonds. The summed E-state index contributed by atoms with van der Waals surface area (Å²) in [6.45, 7) is 4.17. The zero-order valence-electron chi connectivity index (χ0n) is 22.3. The summed E-state index contributed by atoms with van der Waals surface area (Å²) in [5, 5.41) is 0. The standard InChI is InChI=1S/C31H20F10O2/c1-3-13(2)12-14-4-6-15(7-5-14)16-8-10-17(11-9-16)31(42)43-30(18-20(32)24(36)28(40)25(37)21(18)33)19-22(34)26(38)29(41)27(39)23(19)35/h4-11,13,30H,3,12H2,1-2H3/t13-/m1/s1. The highest BCUT2D eigenvalue weighted by atomic mass is 19.2. The summed E-state index contributed by atoms with van der Waals surface area (Å²) in [6, 6.07) is 12.4. The van der Waals surface area contributed by atoms with Gasteiger partial charge in [-0.1, -0.05) is 56.7 Å². The van der Waals surface area contributed by atoms with Crippen molar-refractivity contribution in [1.82, 2.24) is 0 Å². The Kier molecular flexibility index (Phi) is 9.17. The molecule has 0 N–H and O–H groups in total. The molecule has 0 aromatic heterocycles. The molecule has 0 radical (unpaired) electrons. The zero-order valence-corrected chi connectivity index (χ0v) is 22.3. The van der Waals surface area contributed by atoms with Gasteiger partial charge in [-0.05, 0) is 41.2 Å². The summed E-state index contributed by atoms with van der Waals surface area (Å²) >= 11 is 0. The van der Waals surface area contributed by atoms with Gasteiger partial charge in [-0.2, -0.15) is 0 Å². The molecular formula is C31H20F10O2. The van der Waals surface area contributed by atoms with Gasteiger partial charge in [0.2, 0.25) is 11.6 Å². The molecule has 0 aliphatic heterocycles. The van der Waals surface area contributed by atoms with Gasteiger partial charge in [0.05, 0.1) is 16.7 Å². The van der Waals surface area contributed by atoms with E-state index in [1.54, 1.807) is 0 Å². The van der Waals surface area contributed by atoms with Crippen LogP contribution in [-0.4, -0.2) is 5.97 Å². The Morgan fingerprint density at radius 3 is 1.30 bits per heavy atom. The predicted molar refractivity (Wildman–Crippen MR) is 135 cm³/mol. The molecule has 0 heterocycles. The Labute approximate surface area is 238 Å². The number of esters is 1. The second-order valence-corrected chi connectivity index (χ2v) is 9.74. The predicted octanol–water partition coefficient (Wildman–Crippen LogP) is 9.28. The van der Waals surface area contributed by atoms with Gasteiger partial charge in [0.1, 0.15) is 0 Å². The van der Waals surface area contributed by atoms with Crippen LogP contribution in [0.3, 0.4) is 0 Å². The van der Waals surface area contributed by atoms with Crippen molar-refractivity contribution in [2.75, 3.05) is 0 Å². The summed E-state index contributed by atoms with van der Waals surface area (Å²) in [7, 11) is 0. The molecule has 0 aliphatic carbocycles. The van der Waals surface area contributed by atoms with Gasteiger partial charge in [-0.15, -0.1) is 0 Å². The van der Waals surface area contributed by atoms with Crippen LogP contribution in [0.5, 0.6) is 0 Å². The Morgan fingerprint density at radius 1 is 0.581 bits per heavy atom. The van der Waals surface area contributed by atoms with Crippen molar-refractivity contribution in [3.05, 3.63) is 129 Å². The molecule has 12 heteroatoms. The van der Waals surface area contributed by atoms with Gasteiger partial charge in [-0.3, -0.25) is 0 Å². The number of rotatable bonds is 8. The summed E-state index contributed by atoms with van der Waals surface area (Å²) in [5.41, 5.74) is -2.37. The number of benzene rings is 4. The van der Waals surface area contributed by atoms with Gasteiger partial charge >= 0.3 is 5.97 Å². The fourth-order valence-corrected chi connectivity index (χ4v) is 4.32. The number of hydrogen-bond acceptors (Lipinski definition) is 2. The lowest BCUT2D eigenvalue weighted by atomic mass is 9.96. The minimum Gasteiger partial charge on any atom is -0.448 e. The molecule has 0 fully saturated rings. The van der Waals surface area contributed by atoms with Crippen LogP contribution in [0.15, 0.2) is 48.5 Å². The van der Waals surface area contributed by atoms with Gasteiger partial charge in [0.25, 0.3) is 0 Å². The van der Waals surface area contributed by atoms with Crippen molar-refractivity contribution in [3.8, 4) is 11.1 Å². The van der Waals surface area contributed by atoms with Crippen LogP contribution in [0.1, 0.15) is 53.4 Å². The van der Waals surface area contributed by atoms with E-state index in [1.807, 2.05) is 24.3 Å². The number of carbonyl (C=O) groups is 1.